The first-order chi connectivity index (χ1) is 12.5. The molecule has 6 heteroatoms. The quantitative estimate of drug-likeness (QED) is 0.532. The summed E-state index contributed by atoms with van der Waals surface area (Å²) >= 11 is 3.86. The van der Waals surface area contributed by atoms with Crippen molar-refractivity contribution in [3.05, 3.63) is 58.4 Å². The molecule has 0 unspecified atom stereocenters. The second-order valence-electron chi connectivity index (χ2n) is 6.22. The first kappa shape index (κ1) is 19.1. The summed E-state index contributed by atoms with van der Waals surface area (Å²) in [7, 11) is 0. The summed E-state index contributed by atoms with van der Waals surface area (Å²) < 4.78 is 7.77. The highest BCUT2D eigenvalue weighted by molar-refractivity contribution is 8.19. The number of ether oxygens (including phenoxy) is 1. The van der Waals surface area contributed by atoms with Gasteiger partial charge in [-0.05, 0) is 44.5 Å². The van der Waals surface area contributed by atoms with Gasteiger partial charge in [0.2, 0.25) is 5.78 Å². The Morgan fingerprint density at radius 3 is 2.38 bits per heavy atom. The van der Waals surface area contributed by atoms with E-state index in [-0.39, 0.29) is 12.4 Å². The molecule has 2 aromatic rings. The SMILES string of the molecule is CCn1c(C)cc(C(=O)COC(=O)c2ccc(C3SCCS3)cc2)c1C. The summed E-state index contributed by atoms with van der Waals surface area (Å²) in [5, 5.41) is 0. The van der Waals surface area contributed by atoms with E-state index in [1.165, 1.54) is 17.1 Å². The number of rotatable bonds is 6. The average Bonchev–Trinajstić information content (AvgIpc) is 3.28. The summed E-state index contributed by atoms with van der Waals surface area (Å²) in [4.78, 5) is 24.7. The number of ketones is 1. The molecule has 0 aliphatic carbocycles. The second-order valence-corrected chi connectivity index (χ2v) is 8.95. The minimum Gasteiger partial charge on any atom is -0.454 e. The van der Waals surface area contributed by atoms with Crippen LogP contribution in [-0.4, -0.2) is 34.4 Å². The van der Waals surface area contributed by atoms with E-state index < -0.39 is 5.97 Å². The standard InChI is InChI=1S/C20H23NO3S2/c1-4-21-13(2)11-17(14(21)3)18(22)12-24-19(23)15-5-7-16(8-6-15)20-25-9-10-26-20/h5-8,11,20H,4,9-10,12H2,1-3H3. The van der Waals surface area contributed by atoms with Crippen LogP contribution < -0.4 is 0 Å². The Bertz CT molecular complexity index is 805. The van der Waals surface area contributed by atoms with Gasteiger partial charge in [-0.2, -0.15) is 0 Å². The van der Waals surface area contributed by atoms with Crippen molar-refractivity contribution >= 4 is 35.3 Å². The van der Waals surface area contributed by atoms with Crippen LogP contribution in [0.4, 0.5) is 0 Å². The number of thioether (sulfide) groups is 2. The van der Waals surface area contributed by atoms with Crippen molar-refractivity contribution < 1.29 is 14.3 Å². The molecular weight excluding hydrogens is 366 g/mol. The van der Waals surface area contributed by atoms with Crippen molar-refractivity contribution in [1.29, 1.82) is 0 Å². The zero-order chi connectivity index (χ0) is 18.7. The number of carbonyl (C=O) groups excluding carboxylic acids is 2. The van der Waals surface area contributed by atoms with Crippen LogP contribution in [-0.2, 0) is 11.3 Å². The van der Waals surface area contributed by atoms with Gasteiger partial charge in [0.15, 0.2) is 6.61 Å². The number of aryl methyl sites for hydroxylation is 1. The maximum atomic E-state index is 12.4. The van der Waals surface area contributed by atoms with E-state index in [1.807, 2.05) is 62.5 Å². The Morgan fingerprint density at radius 1 is 1.15 bits per heavy atom. The molecule has 0 spiro atoms. The first-order valence-corrected chi connectivity index (χ1v) is 10.8. The monoisotopic (exact) mass is 389 g/mol. The van der Waals surface area contributed by atoms with Crippen molar-refractivity contribution in [1.82, 2.24) is 4.57 Å². The van der Waals surface area contributed by atoms with Gasteiger partial charge < -0.3 is 9.30 Å². The van der Waals surface area contributed by atoms with Crippen molar-refractivity contribution in [2.45, 2.75) is 31.9 Å². The van der Waals surface area contributed by atoms with E-state index in [4.69, 9.17) is 4.74 Å². The highest BCUT2D eigenvalue weighted by atomic mass is 32.2. The second kappa shape index (κ2) is 8.35. The van der Waals surface area contributed by atoms with Gasteiger partial charge in [0.05, 0.1) is 10.1 Å². The molecule has 138 valence electrons. The maximum absolute atomic E-state index is 12.4. The lowest BCUT2D eigenvalue weighted by molar-refractivity contribution is 0.0474. The summed E-state index contributed by atoms with van der Waals surface area (Å²) in [6.07, 6.45) is 0. The van der Waals surface area contributed by atoms with E-state index in [0.29, 0.717) is 15.7 Å². The molecular formula is C20H23NO3S2. The minimum absolute atomic E-state index is 0.165. The number of esters is 1. The van der Waals surface area contributed by atoms with E-state index in [1.54, 1.807) is 12.1 Å². The lowest BCUT2D eigenvalue weighted by atomic mass is 10.1. The van der Waals surface area contributed by atoms with E-state index in [2.05, 4.69) is 4.57 Å². The molecule has 0 amide bonds. The summed E-state index contributed by atoms with van der Waals surface area (Å²) in [5.41, 5.74) is 4.29. The van der Waals surface area contributed by atoms with Crippen LogP contribution in [0.1, 0.15) is 49.2 Å². The predicted octanol–water partition coefficient (Wildman–Crippen LogP) is 4.64. The molecule has 3 rings (SSSR count). The van der Waals surface area contributed by atoms with Crippen molar-refractivity contribution in [2.24, 2.45) is 0 Å². The first-order valence-electron chi connectivity index (χ1n) is 8.71. The van der Waals surface area contributed by atoms with Gasteiger partial charge in [0.1, 0.15) is 0 Å². The van der Waals surface area contributed by atoms with Gasteiger partial charge in [-0.25, -0.2) is 4.79 Å². The Hall–Kier alpha value is -1.66. The fourth-order valence-electron chi connectivity index (χ4n) is 3.19. The Labute approximate surface area is 162 Å². The normalized spacial score (nSPS) is 14.6. The molecule has 1 aliphatic rings. The van der Waals surface area contributed by atoms with E-state index >= 15 is 0 Å². The average molecular weight is 390 g/mol. The Morgan fingerprint density at radius 2 is 1.81 bits per heavy atom. The van der Waals surface area contributed by atoms with E-state index in [0.717, 1.165) is 17.9 Å². The third kappa shape index (κ3) is 4.01. The van der Waals surface area contributed by atoms with Crippen LogP contribution in [0.15, 0.2) is 30.3 Å². The number of aromatic nitrogens is 1. The van der Waals surface area contributed by atoms with Crippen LogP contribution in [0.2, 0.25) is 0 Å². The lowest BCUT2D eigenvalue weighted by Crippen LogP contribution is -2.15. The number of hydrogen-bond donors (Lipinski definition) is 0. The van der Waals surface area contributed by atoms with Crippen molar-refractivity contribution in [3.8, 4) is 0 Å². The number of hydrogen-bond acceptors (Lipinski definition) is 5. The smallest absolute Gasteiger partial charge is 0.338 e. The zero-order valence-electron chi connectivity index (χ0n) is 15.3. The third-order valence-corrected chi connectivity index (χ3v) is 7.67. The molecule has 1 saturated heterocycles. The Balaban J connectivity index is 1.60. The molecule has 0 bridgehead atoms. The predicted molar refractivity (Wildman–Crippen MR) is 108 cm³/mol. The number of Topliss-reactive ketones (excluding diaryl/α,β-unsaturated/α-hetero) is 1. The minimum atomic E-state index is -0.457. The van der Waals surface area contributed by atoms with Gasteiger partial charge in [-0.15, -0.1) is 23.5 Å². The number of benzene rings is 1. The zero-order valence-corrected chi connectivity index (χ0v) is 16.9. The van der Waals surface area contributed by atoms with Crippen LogP contribution in [0.3, 0.4) is 0 Å². The van der Waals surface area contributed by atoms with Gasteiger partial charge in [0, 0.05) is 35.0 Å². The molecule has 1 aromatic heterocycles. The van der Waals surface area contributed by atoms with Gasteiger partial charge in [0.25, 0.3) is 0 Å². The molecule has 1 aromatic carbocycles. The lowest BCUT2D eigenvalue weighted by Gasteiger charge is -2.09. The highest BCUT2D eigenvalue weighted by Gasteiger charge is 2.20. The van der Waals surface area contributed by atoms with Crippen molar-refractivity contribution in [2.75, 3.05) is 18.1 Å². The largest absolute Gasteiger partial charge is 0.454 e. The molecule has 1 aliphatic heterocycles. The molecule has 2 heterocycles. The fourth-order valence-corrected chi connectivity index (χ4v) is 6.05. The summed E-state index contributed by atoms with van der Waals surface area (Å²) in [6.45, 7) is 6.52. The molecule has 1 fully saturated rings. The number of nitrogens with zero attached hydrogens (tertiary/aromatic N) is 1. The van der Waals surface area contributed by atoms with Gasteiger partial charge in [-0.3, -0.25) is 4.79 Å². The van der Waals surface area contributed by atoms with Crippen molar-refractivity contribution in [3.63, 3.8) is 0 Å². The molecule has 4 nitrogen and oxygen atoms in total. The topological polar surface area (TPSA) is 48.3 Å². The van der Waals surface area contributed by atoms with Crippen LogP contribution >= 0.6 is 23.5 Å². The Kier molecular flexibility index (Phi) is 6.14. The molecule has 0 atom stereocenters. The number of carbonyl (C=O) groups is 2. The summed E-state index contributed by atoms with van der Waals surface area (Å²) in [5.74, 6) is 1.71. The maximum Gasteiger partial charge on any atom is 0.338 e. The van der Waals surface area contributed by atoms with Crippen LogP contribution in [0, 0.1) is 13.8 Å². The van der Waals surface area contributed by atoms with Gasteiger partial charge >= 0.3 is 5.97 Å². The van der Waals surface area contributed by atoms with Gasteiger partial charge in [-0.1, -0.05) is 12.1 Å². The van der Waals surface area contributed by atoms with Crippen LogP contribution in [0.25, 0.3) is 0 Å². The fraction of sp³-hybridized carbons (Fsp3) is 0.400. The van der Waals surface area contributed by atoms with E-state index in [9.17, 15) is 9.59 Å². The molecule has 0 saturated carbocycles. The summed E-state index contributed by atoms with van der Waals surface area (Å²) in [6, 6.07) is 9.38. The molecule has 0 N–H and O–H groups in total. The third-order valence-electron chi connectivity index (χ3n) is 4.56. The van der Waals surface area contributed by atoms with Crippen LogP contribution in [0.5, 0.6) is 0 Å². The highest BCUT2D eigenvalue weighted by Crippen LogP contribution is 2.45. The molecule has 26 heavy (non-hydrogen) atoms. The molecule has 0 radical (unpaired) electrons.